The standard InChI is InChI=1S/C59H92O6/c1-4-7-10-13-16-19-22-25-27-28-29-30-32-34-37-40-43-46-49-52-58(61)64-55-56(54-63-57(60)51-48-45-42-39-36-33-24-21-18-15-12-9-6-3)65-59(62)53-50-47-44-41-38-35-31-26-23-20-17-14-11-8-5-2/h7-8,10-11,14,16-17,19-20,23,25-27,29-31,33,35-36,38,42,45,56H,4-6,9,12-13,15,18,21-22,24,28,32,34,37,39-41,43-44,46-55H2,1-3H3/b10-7+,11-8+,17-14+,19-16+,23-20+,27-25+,30-29+,31-26+,36-33+,38-35+,45-42+. The largest absolute Gasteiger partial charge is 0.462 e. The molecule has 6 heteroatoms. The van der Waals surface area contributed by atoms with Crippen molar-refractivity contribution in [3.63, 3.8) is 0 Å². The zero-order chi connectivity index (χ0) is 47.2. The van der Waals surface area contributed by atoms with Crippen molar-refractivity contribution in [2.75, 3.05) is 13.2 Å². The minimum atomic E-state index is -0.833. The fourth-order valence-corrected chi connectivity index (χ4v) is 6.45. The van der Waals surface area contributed by atoms with E-state index in [1.807, 2.05) is 54.7 Å². The Morgan fingerprint density at radius 1 is 0.338 bits per heavy atom. The first-order chi connectivity index (χ1) is 32.0. The highest BCUT2D eigenvalue weighted by atomic mass is 16.6. The van der Waals surface area contributed by atoms with E-state index in [1.165, 1.54) is 51.4 Å². The maximum atomic E-state index is 12.8. The Hall–Kier alpha value is -4.45. The number of hydrogen-bond acceptors (Lipinski definition) is 6. The van der Waals surface area contributed by atoms with Gasteiger partial charge >= 0.3 is 17.9 Å². The molecule has 0 saturated heterocycles. The summed E-state index contributed by atoms with van der Waals surface area (Å²) < 4.78 is 16.7. The number of allylic oxidation sites excluding steroid dienone is 22. The highest BCUT2D eigenvalue weighted by Crippen LogP contribution is 2.12. The minimum absolute atomic E-state index is 0.125. The van der Waals surface area contributed by atoms with Crippen LogP contribution < -0.4 is 0 Å². The molecule has 364 valence electrons. The molecule has 0 aliphatic carbocycles. The van der Waals surface area contributed by atoms with Crippen LogP contribution >= 0.6 is 0 Å². The third kappa shape index (κ3) is 50.4. The summed E-state index contributed by atoms with van der Waals surface area (Å²) in [4.78, 5) is 37.9. The molecular formula is C59H92O6. The Bertz CT molecular complexity index is 1450. The number of rotatable bonds is 44. The Balaban J connectivity index is 4.56. The molecule has 0 N–H and O–H groups in total. The van der Waals surface area contributed by atoms with Gasteiger partial charge in [-0.15, -0.1) is 0 Å². The molecule has 0 radical (unpaired) electrons. The smallest absolute Gasteiger partial charge is 0.306 e. The Kier molecular flexibility index (Phi) is 48.6. The van der Waals surface area contributed by atoms with E-state index in [2.05, 4.69) is 99.8 Å². The summed E-state index contributed by atoms with van der Waals surface area (Å²) in [5.74, 6) is -1.06. The van der Waals surface area contributed by atoms with E-state index < -0.39 is 6.10 Å². The summed E-state index contributed by atoms with van der Waals surface area (Å²) in [5.41, 5.74) is 0. The first kappa shape index (κ1) is 60.5. The summed E-state index contributed by atoms with van der Waals surface area (Å²) in [6, 6.07) is 0. The second-order valence-electron chi connectivity index (χ2n) is 16.4. The van der Waals surface area contributed by atoms with Gasteiger partial charge in [0.15, 0.2) is 6.10 Å². The van der Waals surface area contributed by atoms with Gasteiger partial charge in [0.2, 0.25) is 0 Å². The minimum Gasteiger partial charge on any atom is -0.462 e. The van der Waals surface area contributed by atoms with Crippen LogP contribution in [0.1, 0.15) is 201 Å². The van der Waals surface area contributed by atoms with Crippen molar-refractivity contribution in [3.8, 4) is 0 Å². The molecule has 0 amide bonds. The van der Waals surface area contributed by atoms with E-state index in [0.717, 1.165) is 96.3 Å². The fourth-order valence-electron chi connectivity index (χ4n) is 6.45. The van der Waals surface area contributed by atoms with Gasteiger partial charge in [-0.3, -0.25) is 14.4 Å². The molecule has 0 rings (SSSR count). The first-order valence-electron chi connectivity index (χ1n) is 25.8. The van der Waals surface area contributed by atoms with Crippen molar-refractivity contribution in [2.45, 2.75) is 207 Å². The van der Waals surface area contributed by atoms with Crippen LogP contribution in [0.25, 0.3) is 0 Å². The van der Waals surface area contributed by atoms with Crippen LogP contribution in [0.3, 0.4) is 0 Å². The van der Waals surface area contributed by atoms with Crippen LogP contribution in [0.15, 0.2) is 134 Å². The fraction of sp³-hybridized carbons (Fsp3) is 0.576. The van der Waals surface area contributed by atoms with Gasteiger partial charge in [-0.05, 0) is 96.3 Å². The average Bonchev–Trinajstić information content (AvgIpc) is 3.30. The summed E-state index contributed by atoms with van der Waals surface area (Å²) >= 11 is 0. The van der Waals surface area contributed by atoms with E-state index in [0.29, 0.717) is 19.3 Å². The number of carbonyl (C=O) groups excluding carboxylic acids is 3. The predicted molar refractivity (Wildman–Crippen MR) is 279 cm³/mol. The lowest BCUT2D eigenvalue weighted by atomic mass is 10.1. The number of esters is 3. The third-order valence-electron chi connectivity index (χ3n) is 10.3. The molecular weight excluding hydrogens is 805 g/mol. The van der Waals surface area contributed by atoms with Crippen LogP contribution in [0.2, 0.25) is 0 Å². The van der Waals surface area contributed by atoms with Crippen molar-refractivity contribution in [1.82, 2.24) is 0 Å². The molecule has 1 unspecified atom stereocenters. The lowest BCUT2D eigenvalue weighted by Gasteiger charge is -2.18. The van der Waals surface area contributed by atoms with Gasteiger partial charge in [0.1, 0.15) is 13.2 Å². The lowest BCUT2D eigenvalue weighted by molar-refractivity contribution is -0.166. The maximum Gasteiger partial charge on any atom is 0.306 e. The van der Waals surface area contributed by atoms with E-state index in [9.17, 15) is 14.4 Å². The summed E-state index contributed by atoms with van der Waals surface area (Å²) in [6.07, 6.45) is 73.0. The van der Waals surface area contributed by atoms with Crippen molar-refractivity contribution < 1.29 is 28.6 Å². The van der Waals surface area contributed by atoms with E-state index >= 15 is 0 Å². The Morgan fingerprint density at radius 3 is 1.23 bits per heavy atom. The van der Waals surface area contributed by atoms with Gasteiger partial charge in [-0.1, -0.05) is 219 Å². The van der Waals surface area contributed by atoms with E-state index in [-0.39, 0.29) is 44.0 Å². The summed E-state index contributed by atoms with van der Waals surface area (Å²) in [5, 5.41) is 0. The quantitative estimate of drug-likeness (QED) is 0.0199. The topological polar surface area (TPSA) is 78.9 Å². The van der Waals surface area contributed by atoms with Crippen molar-refractivity contribution in [1.29, 1.82) is 0 Å². The molecule has 0 aliphatic rings. The average molecular weight is 897 g/mol. The van der Waals surface area contributed by atoms with Crippen molar-refractivity contribution >= 4 is 17.9 Å². The highest BCUT2D eigenvalue weighted by Gasteiger charge is 2.19. The molecule has 0 heterocycles. The molecule has 0 aromatic carbocycles. The third-order valence-corrected chi connectivity index (χ3v) is 10.3. The maximum absolute atomic E-state index is 12.8. The zero-order valence-corrected chi connectivity index (χ0v) is 41.4. The van der Waals surface area contributed by atoms with E-state index in [1.54, 1.807) is 0 Å². The normalized spacial score (nSPS) is 13.2. The van der Waals surface area contributed by atoms with Crippen LogP contribution in [0.5, 0.6) is 0 Å². The number of carbonyl (C=O) groups is 3. The highest BCUT2D eigenvalue weighted by molar-refractivity contribution is 5.71. The number of ether oxygens (including phenoxy) is 3. The van der Waals surface area contributed by atoms with E-state index in [4.69, 9.17) is 14.2 Å². The Morgan fingerprint density at radius 2 is 0.708 bits per heavy atom. The molecule has 0 bridgehead atoms. The summed E-state index contributed by atoms with van der Waals surface area (Å²) in [7, 11) is 0. The van der Waals surface area contributed by atoms with Gasteiger partial charge in [-0.2, -0.15) is 0 Å². The second-order valence-corrected chi connectivity index (χ2v) is 16.4. The number of hydrogen-bond donors (Lipinski definition) is 0. The van der Waals surface area contributed by atoms with Gasteiger partial charge in [-0.25, -0.2) is 0 Å². The van der Waals surface area contributed by atoms with Gasteiger partial charge in [0.25, 0.3) is 0 Å². The molecule has 65 heavy (non-hydrogen) atoms. The molecule has 0 spiro atoms. The molecule has 0 aromatic rings. The van der Waals surface area contributed by atoms with Crippen LogP contribution in [-0.4, -0.2) is 37.2 Å². The molecule has 1 atom stereocenters. The first-order valence-corrected chi connectivity index (χ1v) is 25.8. The molecule has 0 aromatic heterocycles. The molecule has 0 saturated carbocycles. The molecule has 0 fully saturated rings. The zero-order valence-electron chi connectivity index (χ0n) is 41.4. The second kappa shape index (κ2) is 52.2. The predicted octanol–water partition coefficient (Wildman–Crippen LogP) is 17.1. The Labute approximate surface area is 398 Å². The molecule has 0 aliphatic heterocycles. The monoisotopic (exact) mass is 897 g/mol. The van der Waals surface area contributed by atoms with Crippen LogP contribution in [-0.2, 0) is 28.6 Å². The summed E-state index contributed by atoms with van der Waals surface area (Å²) in [6.45, 7) is 6.25. The van der Waals surface area contributed by atoms with Gasteiger partial charge < -0.3 is 14.2 Å². The SMILES string of the molecule is CC/C=C/C=C/C=C/C=C/C=C/CCCCCC(=O)OC(COC(=O)CC/C=C/C/C=C/CCCCCCCC)COC(=O)CCCCCCCC/C=C/C/C=C/C/C=C/C/C=C/CC. The number of unbranched alkanes of at least 4 members (excludes halogenated alkanes) is 15. The van der Waals surface area contributed by atoms with Crippen molar-refractivity contribution in [3.05, 3.63) is 134 Å². The van der Waals surface area contributed by atoms with Gasteiger partial charge in [0, 0.05) is 19.3 Å². The van der Waals surface area contributed by atoms with Crippen LogP contribution in [0.4, 0.5) is 0 Å². The van der Waals surface area contributed by atoms with Crippen LogP contribution in [0, 0.1) is 0 Å². The van der Waals surface area contributed by atoms with Crippen molar-refractivity contribution in [2.24, 2.45) is 0 Å². The molecule has 6 nitrogen and oxygen atoms in total. The van der Waals surface area contributed by atoms with Gasteiger partial charge in [0.05, 0.1) is 0 Å². The lowest BCUT2D eigenvalue weighted by Crippen LogP contribution is -2.30.